The van der Waals surface area contributed by atoms with Crippen LogP contribution in [-0.2, 0) is 4.84 Å². The van der Waals surface area contributed by atoms with Gasteiger partial charge < -0.3 is 4.84 Å². The summed E-state index contributed by atoms with van der Waals surface area (Å²) in [5.41, 5.74) is 2.91. The van der Waals surface area contributed by atoms with E-state index in [-0.39, 0.29) is 0 Å². The molecule has 1 fully saturated rings. The largest absolute Gasteiger partial charge is 0.301 e. The van der Waals surface area contributed by atoms with E-state index >= 15 is 0 Å². The molecule has 0 aromatic rings. The Morgan fingerprint density at radius 2 is 2.25 bits per heavy atom. The number of rotatable bonds is 0. The van der Waals surface area contributed by atoms with Crippen molar-refractivity contribution in [3.8, 4) is 0 Å². The van der Waals surface area contributed by atoms with Crippen molar-refractivity contribution >= 4 is 0 Å². The summed E-state index contributed by atoms with van der Waals surface area (Å²) in [5, 5.41) is 0. The van der Waals surface area contributed by atoms with E-state index in [2.05, 4.69) is 19.3 Å². The van der Waals surface area contributed by atoms with Gasteiger partial charge in [-0.25, -0.2) is 0 Å². The van der Waals surface area contributed by atoms with Crippen molar-refractivity contribution in [2.45, 2.75) is 26.3 Å². The van der Waals surface area contributed by atoms with E-state index in [9.17, 15) is 0 Å². The highest BCUT2D eigenvalue weighted by Crippen LogP contribution is 2.09. The molecule has 0 radical (unpaired) electrons. The van der Waals surface area contributed by atoms with Gasteiger partial charge >= 0.3 is 0 Å². The Bertz CT molecular complexity index is 66.9. The van der Waals surface area contributed by atoms with Gasteiger partial charge in [0, 0.05) is 6.04 Å². The first-order chi connectivity index (χ1) is 3.79. The summed E-state index contributed by atoms with van der Waals surface area (Å²) in [5.74, 6) is 0.728. The summed E-state index contributed by atoms with van der Waals surface area (Å²) in [6, 6.07) is 0.541. The molecule has 0 saturated carbocycles. The van der Waals surface area contributed by atoms with Crippen LogP contribution in [0.4, 0.5) is 0 Å². The minimum absolute atomic E-state index is 0.541. The summed E-state index contributed by atoms with van der Waals surface area (Å²) < 4.78 is 0. The lowest BCUT2D eigenvalue weighted by molar-refractivity contribution is -0.0397. The fourth-order valence-electron chi connectivity index (χ4n) is 1.05. The molecule has 1 saturated heterocycles. The van der Waals surface area contributed by atoms with E-state index in [1.165, 1.54) is 6.42 Å². The van der Waals surface area contributed by atoms with Crippen LogP contribution in [-0.4, -0.2) is 12.6 Å². The highest BCUT2D eigenvalue weighted by atomic mass is 16.6. The third-order valence-electron chi connectivity index (χ3n) is 1.41. The van der Waals surface area contributed by atoms with Gasteiger partial charge in [-0.2, -0.15) is 5.48 Å². The summed E-state index contributed by atoms with van der Waals surface area (Å²) in [7, 11) is 0. The first-order valence-corrected chi connectivity index (χ1v) is 3.16. The summed E-state index contributed by atoms with van der Waals surface area (Å²) in [4.78, 5) is 5.04. The Hall–Kier alpha value is -0.0800. The average molecular weight is 115 g/mol. The van der Waals surface area contributed by atoms with Gasteiger partial charge in [0.25, 0.3) is 0 Å². The number of nitrogens with one attached hydrogen (secondary N) is 1. The minimum atomic E-state index is 0.541. The zero-order chi connectivity index (χ0) is 5.98. The van der Waals surface area contributed by atoms with E-state index in [0.717, 1.165) is 12.5 Å². The smallest absolute Gasteiger partial charge is 0.0708 e. The predicted molar refractivity (Wildman–Crippen MR) is 32.3 cm³/mol. The molecule has 2 nitrogen and oxygen atoms in total. The molecule has 0 bridgehead atoms. The Morgan fingerprint density at radius 3 is 2.62 bits per heavy atom. The van der Waals surface area contributed by atoms with Crippen molar-refractivity contribution in [1.29, 1.82) is 0 Å². The van der Waals surface area contributed by atoms with Crippen LogP contribution in [0.3, 0.4) is 0 Å². The summed E-state index contributed by atoms with van der Waals surface area (Å²) >= 11 is 0. The molecule has 8 heavy (non-hydrogen) atoms. The Labute approximate surface area is 50.2 Å². The minimum Gasteiger partial charge on any atom is -0.301 e. The van der Waals surface area contributed by atoms with Crippen LogP contribution >= 0.6 is 0 Å². The zero-order valence-corrected chi connectivity index (χ0v) is 5.48. The molecule has 2 unspecified atom stereocenters. The van der Waals surface area contributed by atoms with E-state index < -0.39 is 0 Å². The van der Waals surface area contributed by atoms with E-state index in [4.69, 9.17) is 4.84 Å². The number of hydrogen-bond acceptors (Lipinski definition) is 2. The molecule has 0 spiro atoms. The van der Waals surface area contributed by atoms with Crippen molar-refractivity contribution < 1.29 is 4.84 Å². The maximum Gasteiger partial charge on any atom is 0.0708 e. The molecular weight excluding hydrogens is 102 g/mol. The molecular formula is C6H13NO. The zero-order valence-electron chi connectivity index (χ0n) is 5.48. The standard InChI is InChI=1S/C6H13NO/c1-5-3-6(2)7-8-4-5/h5-7H,3-4H2,1-2H3. The van der Waals surface area contributed by atoms with Crippen molar-refractivity contribution in [1.82, 2.24) is 5.48 Å². The van der Waals surface area contributed by atoms with Gasteiger partial charge in [0.1, 0.15) is 0 Å². The van der Waals surface area contributed by atoms with E-state index in [0.29, 0.717) is 6.04 Å². The molecule has 1 aliphatic heterocycles. The van der Waals surface area contributed by atoms with Crippen molar-refractivity contribution in [2.24, 2.45) is 5.92 Å². The quantitative estimate of drug-likeness (QED) is 0.507. The lowest BCUT2D eigenvalue weighted by Gasteiger charge is -2.24. The maximum atomic E-state index is 5.04. The first-order valence-electron chi connectivity index (χ1n) is 3.16. The second kappa shape index (κ2) is 2.46. The van der Waals surface area contributed by atoms with Crippen molar-refractivity contribution in [3.63, 3.8) is 0 Å². The predicted octanol–water partition coefficient (Wildman–Crippen LogP) is 0.936. The molecule has 0 aromatic heterocycles. The average Bonchev–Trinajstić information content (AvgIpc) is 1.64. The normalized spacial score (nSPS) is 39.8. The lowest BCUT2D eigenvalue weighted by Crippen LogP contribution is -2.35. The SMILES string of the molecule is CC1CONC(C)C1. The molecule has 1 aliphatic rings. The van der Waals surface area contributed by atoms with Crippen LogP contribution in [0.2, 0.25) is 0 Å². The van der Waals surface area contributed by atoms with Crippen LogP contribution in [0.25, 0.3) is 0 Å². The van der Waals surface area contributed by atoms with E-state index in [1.54, 1.807) is 0 Å². The van der Waals surface area contributed by atoms with Crippen LogP contribution in [0.5, 0.6) is 0 Å². The highest BCUT2D eigenvalue weighted by Gasteiger charge is 2.13. The second-order valence-corrected chi connectivity index (χ2v) is 2.67. The molecule has 0 aliphatic carbocycles. The first kappa shape index (κ1) is 6.05. The molecule has 2 heteroatoms. The van der Waals surface area contributed by atoms with E-state index in [1.807, 2.05) is 0 Å². The van der Waals surface area contributed by atoms with Gasteiger partial charge in [-0.15, -0.1) is 0 Å². The van der Waals surface area contributed by atoms with Gasteiger partial charge in [0.15, 0.2) is 0 Å². The monoisotopic (exact) mass is 115 g/mol. The van der Waals surface area contributed by atoms with Crippen LogP contribution in [0.1, 0.15) is 20.3 Å². The Kier molecular flexibility index (Phi) is 1.86. The second-order valence-electron chi connectivity index (χ2n) is 2.67. The number of hydrogen-bond donors (Lipinski definition) is 1. The third kappa shape index (κ3) is 1.46. The molecule has 1 rings (SSSR count). The van der Waals surface area contributed by atoms with Crippen molar-refractivity contribution in [3.05, 3.63) is 0 Å². The molecule has 48 valence electrons. The van der Waals surface area contributed by atoms with Crippen LogP contribution in [0, 0.1) is 5.92 Å². The molecule has 1 N–H and O–H groups in total. The maximum absolute atomic E-state index is 5.04. The topological polar surface area (TPSA) is 21.3 Å². The van der Waals surface area contributed by atoms with Crippen molar-refractivity contribution in [2.75, 3.05) is 6.61 Å². The van der Waals surface area contributed by atoms with Crippen LogP contribution in [0.15, 0.2) is 0 Å². The fraction of sp³-hybridized carbons (Fsp3) is 1.00. The molecule has 2 atom stereocenters. The van der Waals surface area contributed by atoms with Gasteiger partial charge in [0.05, 0.1) is 6.61 Å². The highest BCUT2D eigenvalue weighted by molar-refractivity contribution is 4.64. The van der Waals surface area contributed by atoms with Crippen LogP contribution < -0.4 is 5.48 Å². The summed E-state index contributed by atoms with van der Waals surface area (Å²) in [6.45, 7) is 5.21. The molecule has 0 amide bonds. The molecule has 1 heterocycles. The third-order valence-corrected chi connectivity index (χ3v) is 1.41. The van der Waals surface area contributed by atoms with Gasteiger partial charge in [-0.3, -0.25) is 0 Å². The Balaban J connectivity index is 2.23. The lowest BCUT2D eigenvalue weighted by atomic mass is 10.0. The number of hydroxylamine groups is 1. The van der Waals surface area contributed by atoms with Gasteiger partial charge in [0.2, 0.25) is 0 Å². The fourth-order valence-corrected chi connectivity index (χ4v) is 1.05. The molecule has 0 aromatic carbocycles. The van der Waals surface area contributed by atoms with Gasteiger partial charge in [-0.1, -0.05) is 6.92 Å². The van der Waals surface area contributed by atoms with Gasteiger partial charge in [-0.05, 0) is 19.3 Å². The summed E-state index contributed by atoms with van der Waals surface area (Å²) in [6.07, 6.45) is 1.24. The Morgan fingerprint density at radius 1 is 1.50 bits per heavy atom.